The lowest BCUT2D eigenvalue weighted by Crippen LogP contribution is -2.23. The highest BCUT2D eigenvalue weighted by Crippen LogP contribution is 2.37. The number of hydrogen-bond acceptors (Lipinski definition) is 3. The first kappa shape index (κ1) is 30.5. The molecule has 12 heteroatoms. The topological polar surface area (TPSA) is 31.4 Å². The zero-order chi connectivity index (χ0) is 30.7. The number of pyridine rings is 1. The maximum atomic E-state index is 15.0. The number of halogens is 9. The van der Waals surface area contributed by atoms with Crippen molar-refractivity contribution in [2.45, 2.75) is 32.1 Å². The van der Waals surface area contributed by atoms with Gasteiger partial charge in [0.15, 0.2) is 17.4 Å². The first-order chi connectivity index (χ1) is 19.8. The molecule has 0 aliphatic heterocycles. The van der Waals surface area contributed by atoms with E-state index < -0.39 is 58.7 Å². The van der Waals surface area contributed by atoms with E-state index in [1.165, 1.54) is 12.1 Å². The molecule has 0 N–H and O–H groups in total. The fourth-order valence-corrected chi connectivity index (χ4v) is 3.95. The van der Waals surface area contributed by atoms with Crippen LogP contribution in [-0.2, 0) is 12.5 Å². The molecular formula is C30H20F9NO2. The SMILES string of the molecule is CCCc1ccc(-c2ccc(-c3ccc(C(F)(F)Oc4cc(F)c(O/C=C/C(F)(F)F)c(F)c4)c(F)c3)c(F)c2)nc1. The van der Waals surface area contributed by atoms with Gasteiger partial charge in [0.25, 0.3) is 0 Å². The second-order valence-corrected chi connectivity index (χ2v) is 8.99. The summed E-state index contributed by atoms with van der Waals surface area (Å²) in [5, 5.41) is 0. The Labute approximate surface area is 233 Å². The van der Waals surface area contributed by atoms with Gasteiger partial charge < -0.3 is 9.47 Å². The van der Waals surface area contributed by atoms with E-state index in [1.54, 1.807) is 18.3 Å². The summed E-state index contributed by atoms with van der Waals surface area (Å²) in [5.41, 5.74) is 0.484. The number of rotatable bonds is 9. The van der Waals surface area contributed by atoms with Gasteiger partial charge >= 0.3 is 12.3 Å². The van der Waals surface area contributed by atoms with Gasteiger partial charge in [0.1, 0.15) is 17.4 Å². The lowest BCUT2D eigenvalue weighted by atomic mass is 9.99. The van der Waals surface area contributed by atoms with Gasteiger partial charge in [-0.2, -0.15) is 22.0 Å². The van der Waals surface area contributed by atoms with Crippen LogP contribution in [0.25, 0.3) is 22.4 Å². The molecule has 3 nitrogen and oxygen atoms in total. The highest BCUT2D eigenvalue weighted by atomic mass is 19.4. The Morgan fingerprint density at radius 3 is 2.00 bits per heavy atom. The molecule has 0 atom stereocenters. The van der Waals surface area contributed by atoms with Crippen molar-refractivity contribution >= 4 is 0 Å². The van der Waals surface area contributed by atoms with Crippen molar-refractivity contribution in [3.05, 3.63) is 114 Å². The van der Waals surface area contributed by atoms with Crippen molar-refractivity contribution in [3.63, 3.8) is 0 Å². The van der Waals surface area contributed by atoms with E-state index in [0.29, 0.717) is 23.4 Å². The van der Waals surface area contributed by atoms with Crippen LogP contribution < -0.4 is 9.47 Å². The predicted molar refractivity (Wildman–Crippen MR) is 136 cm³/mol. The van der Waals surface area contributed by atoms with E-state index >= 15 is 0 Å². The summed E-state index contributed by atoms with van der Waals surface area (Å²) in [7, 11) is 0. The fourth-order valence-electron chi connectivity index (χ4n) is 3.95. The van der Waals surface area contributed by atoms with Crippen LogP contribution in [0, 0.1) is 23.3 Å². The summed E-state index contributed by atoms with van der Waals surface area (Å²) >= 11 is 0. The van der Waals surface area contributed by atoms with Gasteiger partial charge in [-0.15, -0.1) is 0 Å². The van der Waals surface area contributed by atoms with E-state index in [1.807, 2.05) is 13.0 Å². The normalized spacial score (nSPS) is 12.1. The van der Waals surface area contributed by atoms with Gasteiger partial charge in [-0.05, 0) is 41.8 Å². The highest BCUT2D eigenvalue weighted by Gasteiger charge is 2.38. The molecule has 0 aliphatic carbocycles. The van der Waals surface area contributed by atoms with E-state index in [9.17, 15) is 39.5 Å². The maximum absolute atomic E-state index is 15.0. The molecule has 0 bridgehead atoms. The zero-order valence-electron chi connectivity index (χ0n) is 21.6. The maximum Gasteiger partial charge on any atom is 0.429 e. The number of alkyl halides is 5. The Balaban J connectivity index is 1.53. The Kier molecular flexibility index (Phi) is 8.83. The average Bonchev–Trinajstić information content (AvgIpc) is 2.90. The van der Waals surface area contributed by atoms with Crippen LogP contribution in [-0.4, -0.2) is 11.2 Å². The van der Waals surface area contributed by atoms with Gasteiger partial charge in [0.2, 0.25) is 0 Å². The van der Waals surface area contributed by atoms with Crippen molar-refractivity contribution in [1.82, 2.24) is 4.98 Å². The standard InChI is InChI=1S/C30H20F9NO2/c1-2-3-17-4-9-27(40-16-17)19-5-7-21(23(31)13-19)18-6-8-22(24(32)12-18)30(38,39)42-20-14-25(33)28(26(34)15-20)41-11-10-29(35,36)37/h4-16H,2-3H2,1H3/b11-10+. The van der Waals surface area contributed by atoms with Crippen molar-refractivity contribution in [2.24, 2.45) is 0 Å². The third kappa shape index (κ3) is 7.23. The monoisotopic (exact) mass is 597 g/mol. The smallest absolute Gasteiger partial charge is 0.429 e. The average molecular weight is 597 g/mol. The summed E-state index contributed by atoms with van der Waals surface area (Å²) in [4.78, 5) is 4.31. The molecular weight excluding hydrogens is 577 g/mol. The fraction of sp³-hybridized carbons (Fsp3) is 0.167. The Hall–Kier alpha value is -4.48. The van der Waals surface area contributed by atoms with Gasteiger partial charge in [0.05, 0.1) is 23.6 Å². The van der Waals surface area contributed by atoms with Crippen molar-refractivity contribution in [1.29, 1.82) is 0 Å². The van der Waals surface area contributed by atoms with Crippen LogP contribution >= 0.6 is 0 Å². The lowest BCUT2D eigenvalue weighted by Gasteiger charge is -2.20. The van der Waals surface area contributed by atoms with E-state index in [0.717, 1.165) is 24.5 Å². The quantitative estimate of drug-likeness (QED) is 0.142. The summed E-state index contributed by atoms with van der Waals surface area (Å²) in [6, 6.07) is 10.4. The van der Waals surface area contributed by atoms with E-state index in [-0.39, 0.29) is 29.5 Å². The molecule has 1 aromatic heterocycles. The number of ether oxygens (including phenoxy) is 2. The largest absolute Gasteiger partial charge is 0.459 e. The molecule has 1 heterocycles. The third-order valence-electron chi connectivity index (χ3n) is 5.88. The van der Waals surface area contributed by atoms with E-state index in [4.69, 9.17) is 0 Å². The molecule has 4 rings (SSSR count). The number of allylic oxidation sites excluding steroid dienone is 1. The first-order valence-corrected chi connectivity index (χ1v) is 12.3. The molecule has 0 fully saturated rings. The second-order valence-electron chi connectivity index (χ2n) is 8.99. The van der Waals surface area contributed by atoms with Gasteiger partial charge in [0, 0.05) is 29.5 Å². The molecule has 0 saturated heterocycles. The molecule has 220 valence electrons. The lowest BCUT2D eigenvalue weighted by molar-refractivity contribution is -0.187. The summed E-state index contributed by atoms with van der Waals surface area (Å²) in [6.45, 7) is 2.02. The minimum absolute atomic E-state index is 0.0362. The molecule has 4 aromatic rings. The van der Waals surface area contributed by atoms with Gasteiger partial charge in [-0.1, -0.05) is 37.6 Å². The van der Waals surface area contributed by atoms with Gasteiger partial charge in [-0.3, -0.25) is 4.98 Å². The second kappa shape index (κ2) is 12.2. The Morgan fingerprint density at radius 1 is 0.762 bits per heavy atom. The first-order valence-electron chi connectivity index (χ1n) is 12.3. The number of aryl methyl sites for hydroxylation is 1. The minimum atomic E-state index is -4.83. The minimum Gasteiger partial charge on any atom is -0.459 e. The van der Waals surface area contributed by atoms with Crippen LogP contribution in [0.2, 0.25) is 0 Å². The molecule has 0 unspecified atom stereocenters. The van der Waals surface area contributed by atoms with Crippen molar-refractivity contribution in [3.8, 4) is 33.9 Å². The van der Waals surface area contributed by atoms with Gasteiger partial charge in [-0.25, -0.2) is 17.6 Å². The van der Waals surface area contributed by atoms with E-state index in [2.05, 4.69) is 14.5 Å². The molecule has 0 amide bonds. The zero-order valence-corrected chi connectivity index (χ0v) is 21.6. The van der Waals surface area contributed by atoms with Crippen LogP contribution in [0.5, 0.6) is 11.5 Å². The van der Waals surface area contributed by atoms with Crippen LogP contribution in [0.1, 0.15) is 24.5 Å². The number of benzene rings is 3. The molecule has 0 aliphatic rings. The Morgan fingerprint density at radius 2 is 1.43 bits per heavy atom. The van der Waals surface area contributed by atoms with Crippen molar-refractivity contribution in [2.75, 3.05) is 0 Å². The van der Waals surface area contributed by atoms with Crippen molar-refractivity contribution < 1.29 is 49.0 Å². The van der Waals surface area contributed by atoms with Crippen LogP contribution in [0.15, 0.2) is 79.2 Å². The number of nitrogens with zero attached hydrogens (tertiary/aromatic N) is 1. The molecule has 0 radical (unpaired) electrons. The highest BCUT2D eigenvalue weighted by molar-refractivity contribution is 5.70. The third-order valence-corrected chi connectivity index (χ3v) is 5.88. The predicted octanol–water partition coefficient (Wildman–Crippen LogP) is 9.51. The molecule has 0 saturated carbocycles. The van der Waals surface area contributed by atoms with Crippen LogP contribution in [0.3, 0.4) is 0 Å². The van der Waals surface area contributed by atoms with Crippen LogP contribution in [0.4, 0.5) is 39.5 Å². The number of hydrogen-bond donors (Lipinski definition) is 0. The summed E-state index contributed by atoms with van der Waals surface area (Å²) in [6.07, 6.45) is -6.31. The number of aromatic nitrogens is 1. The molecule has 0 spiro atoms. The molecule has 42 heavy (non-hydrogen) atoms. The summed E-state index contributed by atoms with van der Waals surface area (Å²) < 4.78 is 133. The summed E-state index contributed by atoms with van der Waals surface area (Å²) in [5.74, 6) is -8.00. The Bertz CT molecular complexity index is 1580. The molecule has 3 aromatic carbocycles.